The summed E-state index contributed by atoms with van der Waals surface area (Å²) in [5.41, 5.74) is 8.41. The summed E-state index contributed by atoms with van der Waals surface area (Å²) in [5.74, 6) is 0.0860. The number of ether oxygens (including phenoxy) is 2. The average Bonchev–Trinajstić information content (AvgIpc) is 3.56. The Hall–Kier alpha value is -4.10. The zero-order valence-corrected chi connectivity index (χ0v) is 27.8. The number of benzene rings is 4. The highest BCUT2D eigenvalue weighted by Gasteiger charge is 2.32. The molecule has 248 valence electrons. The van der Waals surface area contributed by atoms with Gasteiger partial charge in [-0.15, -0.1) is 11.3 Å². The van der Waals surface area contributed by atoms with Crippen molar-refractivity contribution in [2.45, 2.75) is 61.7 Å². The number of nitrogens with zero attached hydrogens (tertiary/aromatic N) is 1. The van der Waals surface area contributed by atoms with E-state index < -0.39 is 12.2 Å². The summed E-state index contributed by atoms with van der Waals surface area (Å²) >= 11 is 3.40. The SMILES string of the molecule is O=C(CCCC(=O)NCc1cccc(-c2ccc(C3OC(CSc4nc5ccccc5s4)CC(c4ccc(CO)cc4)O3)cc2)c1)NO. The van der Waals surface area contributed by atoms with E-state index in [1.807, 2.05) is 78.9 Å². The Morgan fingerprint density at radius 1 is 0.854 bits per heavy atom. The quantitative estimate of drug-likeness (QED) is 0.0589. The molecule has 0 radical (unpaired) electrons. The molecule has 5 aromatic rings. The summed E-state index contributed by atoms with van der Waals surface area (Å²) in [6.07, 6.45) is 0.564. The number of fused-ring (bicyclic) bond motifs is 1. The van der Waals surface area contributed by atoms with Crippen LogP contribution in [0.4, 0.5) is 0 Å². The number of thiazole rings is 1. The number of hydrogen-bond donors (Lipinski definition) is 4. The maximum absolute atomic E-state index is 12.2. The lowest BCUT2D eigenvalue weighted by molar-refractivity contribution is -0.245. The van der Waals surface area contributed by atoms with Crippen molar-refractivity contribution < 1.29 is 29.4 Å². The van der Waals surface area contributed by atoms with Crippen LogP contribution < -0.4 is 10.8 Å². The number of carbonyl (C=O) groups is 2. The Labute approximate surface area is 287 Å². The van der Waals surface area contributed by atoms with Gasteiger partial charge < -0.3 is 19.9 Å². The van der Waals surface area contributed by atoms with Gasteiger partial charge in [0.1, 0.15) is 0 Å². The standard InChI is InChI=1S/C37H37N3O6S2/c41-22-24-11-13-27(14-12-24)32-20-30(23-47-37-39-31-7-1-2-8-33(31)48-37)45-36(46-32)28-17-15-26(16-18-28)29-6-3-5-25(19-29)21-38-34(42)9-4-10-35(43)40-44/h1-3,5-8,11-19,30,32,36,41,44H,4,9-10,20-23H2,(H,38,42)(H,40,43). The molecule has 6 rings (SSSR count). The van der Waals surface area contributed by atoms with E-state index in [4.69, 9.17) is 19.7 Å². The van der Waals surface area contributed by atoms with Gasteiger partial charge in [-0.1, -0.05) is 90.6 Å². The number of aromatic nitrogens is 1. The maximum atomic E-state index is 12.2. The van der Waals surface area contributed by atoms with Crippen LogP contribution in [0.5, 0.6) is 0 Å². The molecule has 9 nitrogen and oxygen atoms in total. The van der Waals surface area contributed by atoms with Crippen molar-refractivity contribution >= 4 is 45.1 Å². The lowest BCUT2D eigenvalue weighted by Crippen LogP contribution is -2.31. The Morgan fingerprint density at radius 2 is 1.62 bits per heavy atom. The number of aliphatic hydroxyl groups excluding tert-OH is 1. The second kappa shape index (κ2) is 16.3. The second-order valence-electron chi connectivity index (χ2n) is 11.6. The van der Waals surface area contributed by atoms with Crippen molar-refractivity contribution in [1.82, 2.24) is 15.8 Å². The molecule has 1 saturated heterocycles. The normalized spacial score (nSPS) is 17.7. The van der Waals surface area contributed by atoms with Crippen molar-refractivity contribution in [1.29, 1.82) is 0 Å². The van der Waals surface area contributed by atoms with E-state index in [0.717, 1.165) is 49.0 Å². The second-order valence-corrected chi connectivity index (χ2v) is 13.9. The van der Waals surface area contributed by atoms with E-state index in [9.17, 15) is 14.7 Å². The molecule has 4 aromatic carbocycles. The molecule has 0 saturated carbocycles. The number of thioether (sulfide) groups is 1. The number of hydroxylamine groups is 1. The van der Waals surface area contributed by atoms with Gasteiger partial charge in [0.15, 0.2) is 10.6 Å². The smallest absolute Gasteiger partial charge is 0.243 e. The first kappa shape index (κ1) is 33.8. The molecule has 1 aliphatic rings. The third-order valence-corrected chi connectivity index (χ3v) is 10.5. The Kier molecular flexibility index (Phi) is 11.5. The largest absolute Gasteiger partial charge is 0.392 e. The first-order valence-corrected chi connectivity index (χ1v) is 17.7. The summed E-state index contributed by atoms with van der Waals surface area (Å²) in [6.45, 7) is 0.369. The third-order valence-electron chi connectivity index (χ3n) is 8.15. The number of hydrogen-bond acceptors (Lipinski definition) is 9. The van der Waals surface area contributed by atoms with Gasteiger partial charge in [-0.25, -0.2) is 10.5 Å². The number of rotatable bonds is 13. The molecule has 11 heteroatoms. The summed E-state index contributed by atoms with van der Waals surface area (Å²) in [7, 11) is 0. The third kappa shape index (κ3) is 8.87. The van der Waals surface area contributed by atoms with Gasteiger partial charge in [0.05, 0.1) is 29.0 Å². The Morgan fingerprint density at radius 3 is 2.40 bits per heavy atom. The van der Waals surface area contributed by atoms with Crippen LogP contribution in [0.3, 0.4) is 0 Å². The van der Waals surface area contributed by atoms with E-state index in [1.165, 1.54) is 4.70 Å². The van der Waals surface area contributed by atoms with Crippen molar-refractivity contribution in [3.05, 3.63) is 119 Å². The Balaban J connectivity index is 1.12. The summed E-state index contributed by atoms with van der Waals surface area (Å²) in [6, 6.07) is 32.2. The zero-order valence-electron chi connectivity index (χ0n) is 26.2. The molecule has 0 spiro atoms. The van der Waals surface area contributed by atoms with Crippen molar-refractivity contribution in [3.63, 3.8) is 0 Å². The van der Waals surface area contributed by atoms with E-state index in [1.54, 1.807) is 28.6 Å². The molecule has 1 fully saturated rings. The summed E-state index contributed by atoms with van der Waals surface area (Å²) < 4.78 is 15.3. The number of para-hydroxylation sites is 1. The van der Waals surface area contributed by atoms with Crippen LogP contribution in [0.15, 0.2) is 101 Å². The highest BCUT2D eigenvalue weighted by molar-refractivity contribution is 8.01. The molecule has 3 atom stereocenters. The van der Waals surface area contributed by atoms with E-state index >= 15 is 0 Å². The lowest BCUT2D eigenvalue weighted by Gasteiger charge is -2.36. The van der Waals surface area contributed by atoms with Crippen molar-refractivity contribution in [2.24, 2.45) is 0 Å². The highest BCUT2D eigenvalue weighted by atomic mass is 32.2. The predicted octanol–water partition coefficient (Wildman–Crippen LogP) is 7.09. The molecule has 2 heterocycles. The fraction of sp³-hybridized carbons (Fsp3) is 0.270. The molecule has 2 amide bonds. The number of amides is 2. The first-order chi connectivity index (χ1) is 23.5. The van der Waals surface area contributed by atoms with Crippen LogP contribution in [0.25, 0.3) is 21.3 Å². The van der Waals surface area contributed by atoms with E-state index in [0.29, 0.717) is 19.4 Å². The topological polar surface area (TPSA) is 130 Å². The van der Waals surface area contributed by atoms with Crippen molar-refractivity contribution in [3.8, 4) is 11.1 Å². The Bertz CT molecular complexity index is 1800. The van der Waals surface area contributed by atoms with Crippen LogP contribution in [-0.2, 0) is 32.2 Å². The van der Waals surface area contributed by atoms with Gasteiger partial charge in [-0.2, -0.15) is 0 Å². The highest BCUT2D eigenvalue weighted by Crippen LogP contribution is 2.40. The van der Waals surface area contributed by atoms with E-state index in [-0.39, 0.29) is 37.6 Å². The van der Waals surface area contributed by atoms with Gasteiger partial charge >= 0.3 is 0 Å². The molecule has 0 bridgehead atoms. The minimum Gasteiger partial charge on any atom is -0.392 e. The molecule has 0 aliphatic carbocycles. The van der Waals surface area contributed by atoms with Gasteiger partial charge in [-0.3, -0.25) is 14.8 Å². The summed E-state index contributed by atoms with van der Waals surface area (Å²) in [4.78, 5) is 28.1. The van der Waals surface area contributed by atoms with Crippen LogP contribution in [0.2, 0.25) is 0 Å². The maximum Gasteiger partial charge on any atom is 0.243 e. The van der Waals surface area contributed by atoms with Gasteiger partial charge in [0.2, 0.25) is 11.8 Å². The number of nitrogens with one attached hydrogen (secondary N) is 2. The number of carbonyl (C=O) groups excluding carboxylic acids is 2. The molecular weight excluding hydrogens is 647 g/mol. The predicted molar refractivity (Wildman–Crippen MR) is 186 cm³/mol. The minimum absolute atomic E-state index is 0.00371. The molecule has 4 N–H and O–H groups in total. The monoisotopic (exact) mass is 683 g/mol. The van der Waals surface area contributed by atoms with Gasteiger partial charge in [0.25, 0.3) is 0 Å². The molecule has 1 aromatic heterocycles. The van der Waals surface area contributed by atoms with Gasteiger partial charge in [0, 0.05) is 37.1 Å². The van der Waals surface area contributed by atoms with Crippen LogP contribution in [-0.4, -0.2) is 39.0 Å². The molecule has 3 unspecified atom stereocenters. The van der Waals surface area contributed by atoms with E-state index in [2.05, 4.69) is 23.5 Å². The lowest BCUT2D eigenvalue weighted by atomic mass is 9.99. The molecular formula is C37H37N3O6S2. The van der Waals surface area contributed by atoms with Crippen LogP contribution in [0, 0.1) is 0 Å². The average molecular weight is 684 g/mol. The number of aliphatic hydroxyl groups is 1. The molecule has 48 heavy (non-hydrogen) atoms. The molecule has 1 aliphatic heterocycles. The van der Waals surface area contributed by atoms with Crippen molar-refractivity contribution in [2.75, 3.05) is 5.75 Å². The fourth-order valence-electron chi connectivity index (χ4n) is 5.55. The fourth-order valence-corrected chi connectivity index (χ4v) is 7.66. The van der Waals surface area contributed by atoms with Crippen LogP contribution in [0.1, 0.15) is 60.3 Å². The zero-order chi connectivity index (χ0) is 33.3. The minimum atomic E-state index is -0.554. The summed E-state index contributed by atoms with van der Waals surface area (Å²) in [5, 5.41) is 21.0. The van der Waals surface area contributed by atoms with Gasteiger partial charge in [-0.05, 0) is 52.4 Å². The first-order valence-electron chi connectivity index (χ1n) is 15.9. The van der Waals surface area contributed by atoms with Crippen LogP contribution >= 0.6 is 23.1 Å².